The second kappa shape index (κ2) is 7.81. The summed E-state index contributed by atoms with van der Waals surface area (Å²) in [6, 6.07) is 27.4. The fraction of sp³-hybridized carbons (Fsp3) is 0.200. The van der Waals surface area contributed by atoms with E-state index in [4.69, 9.17) is 5.41 Å². The van der Waals surface area contributed by atoms with Gasteiger partial charge in [0.15, 0.2) is 0 Å². The Morgan fingerprint density at radius 3 is 2.32 bits per heavy atom. The molecule has 1 heterocycles. The summed E-state index contributed by atoms with van der Waals surface area (Å²) in [7, 11) is 0. The molecule has 140 valence electrons. The Bertz CT molecular complexity index is 1070. The van der Waals surface area contributed by atoms with Crippen LogP contribution in [-0.4, -0.2) is 15.9 Å². The smallest absolute Gasteiger partial charge is 0.0650 e. The van der Waals surface area contributed by atoms with Crippen LogP contribution in [0.1, 0.15) is 30.0 Å². The molecule has 0 saturated heterocycles. The van der Waals surface area contributed by atoms with E-state index in [1.807, 2.05) is 24.4 Å². The summed E-state index contributed by atoms with van der Waals surface area (Å²) in [4.78, 5) is 0. The Hall–Kier alpha value is -3.20. The van der Waals surface area contributed by atoms with Crippen LogP contribution in [0.15, 0.2) is 85.1 Å². The molecule has 1 aromatic heterocycles. The quantitative estimate of drug-likeness (QED) is 0.404. The van der Waals surface area contributed by atoms with Crippen LogP contribution in [-0.2, 0) is 18.3 Å². The van der Waals surface area contributed by atoms with Crippen molar-refractivity contribution in [3.05, 3.63) is 102 Å². The van der Waals surface area contributed by atoms with E-state index in [-0.39, 0.29) is 5.41 Å². The second-order valence-electron chi connectivity index (χ2n) is 7.84. The molecule has 2 N–H and O–H groups in total. The van der Waals surface area contributed by atoms with Gasteiger partial charge in [-0.3, -0.25) is 5.10 Å². The van der Waals surface area contributed by atoms with Crippen LogP contribution >= 0.6 is 0 Å². The Kier molecular flexibility index (Phi) is 5.07. The fourth-order valence-electron chi connectivity index (χ4n) is 4.01. The van der Waals surface area contributed by atoms with Crippen molar-refractivity contribution in [1.29, 1.82) is 5.41 Å². The number of benzene rings is 3. The van der Waals surface area contributed by atoms with Gasteiger partial charge in [-0.15, -0.1) is 0 Å². The number of hydrogen-bond acceptors (Lipinski definition) is 2. The molecular formula is C25H25N3. The van der Waals surface area contributed by atoms with Crippen LogP contribution in [0.2, 0.25) is 0 Å². The molecule has 0 aliphatic carbocycles. The molecule has 1 atom stereocenters. The van der Waals surface area contributed by atoms with E-state index in [9.17, 15) is 0 Å². The molecule has 0 fully saturated rings. The van der Waals surface area contributed by atoms with Crippen LogP contribution in [0.25, 0.3) is 10.9 Å². The van der Waals surface area contributed by atoms with E-state index < -0.39 is 0 Å². The van der Waals surface area contributed by atoms with Gasteiger partial charge in [-0.1, -0.05) is 73.7 Å². The number of aromatic amines is 1. The predicted molar refractivity (Wildman–Crippen MR) is 116 cm³/mol. The third-order valence-electron chi connectivity index (χ3n) is 5.44. The zero-order valence-electron chi connectivity index (χ0n) is 16.2. The van der Waals surface area contributed by atoms with E-state index in [0.717, 1.165) is 29.5 Å². The molecule has 0 saturated carbocycles. The summed E-state index contributed by atoms with van der Waals surface area (Å²) in [6.45, 7) is 2.28. The lowest BCUT2D eigenvalue weighted by atomic mass is 9.73. The molecule has 3 nitrogen and oxygen atoms in total. The van der Waals surface area contributed by atoms with E-state index >= 15 is 0 Å². The lowest BCUT2D eigenvalue weighted by Crippen LogP contribution is -2.29. The van der Waals surface area contributed by atoms with Gasteiger partial charge in [0.1, 0.15) is 0 Å². The third-order valence-corrected chi connectivity index (χ3v) is 5.44. The molecule has 3 aromatic carbocycles. The van der Waals surface area contributed by atoms with Crippen LogP contribution in [0, 0.1) is 5.41 Å². The highest BCUT2D eigenvalue weighted by molar-refractivity contribution is 5.85. The Morgan fingerprint density at radius 1 is 0.929 bits per heavy atom. The lowest BCUT2D eigenvalue weighted by molar-refractivity contribution is 0.485. The van der Waals surface area contributed by atoms with Crippen LogP contribution in [0.4, 0.5) is 0 Å². The number of fused-ring (bicyclic) bond motifs is 1. The lowest BCUT2D eigenvalue weighted by Gasteiger charge is -2.31. The normalized spacial score (nSPS) is 13.3. The van der Waals surface area contributed by atoms with E-state index in [2.05, 4.69) is 77.8 Å². The average molecular weight is 367 g/mol. The summed E-state index contributed by atoms with van der Waals surface area (Å²) in [5.41, 5.74) is 5.40. The monoisotopic (exact) mass is 367 g/mol. The molecule has 0 aliphatic rings. The van der Waals surface area contributed by atoms with Crippen molar-refractivity contribution in [3.63, 3.8) is 0 Å². The van der Waals surface area contributed by atoms with Crippen molar-refractivity contribution in [2.45, 2.75) is 31.6 Å². The molecule has 0 amide bonds. The Morgan fingerprint density at radius 2 is 1.61 bits per heavy atom. The van der Waals surface area contributed by atoms with Crippen LogP contribution < -0.4 is 0 Å². The van der Waals surface area contributed by atoms with Crippen molar-refractivity contribution < 1.29 is 0 Å². The van der Waals surface area contributed by atoms with Gasteiger partial charge >= 0.3 is 0 Å². The zero-order valence-corrected chi connectivity index (χ0v) is 16.2. The summed E-state index contributed by atoms with van der Waals surface area (Å²) in [6.07, 6.45) is 4.19. The van der Waals surface area contributed by atoms with Crippen LogP contribution in [0.5, 0.6) is 0 Å². The number of hydrogen-bond donors (Lipinski definition) is 2. The van der Waals surface area contributed by atoms with Gasteiger partial charge in [0.2, 0.25) is 0 Å². The third kappa shape index (κ3) is 4.04. The highest BCUT2D eigenvalue weighted by atomic mass is 15.1. The molecule has 28 heavy (non-hydrogen) atoms. The maximum atomic E-state index is 8.71. The maximum Gasteiger partial charge on any atom is 0.0650 e. The van der Waals surface area contributed by atoms with E-state index in [0.29, 0.717) is 6.42 Å². The predicted octanol–water partition coefficient (Wildman–Crippen LogP) is 5.72. The number of rotatable bonds is 7. The van der Waals surface area contributed by atoms with Gasteiger partial charge < -0.3 is 5.41 Å². The molecule has 4 aromatic rings. The van der Waals surface area contributed by atoms with Gasteiger partial charge in [0.05, 0.1) is 11.7 Å². The van der Waals surface area contributed by atoms with Crippen molar-refractivity contribution in [1.82, 2.24) is 10.2 Å². The van der Waals surface area contributed by atoms with E-state index in [1.165, 1.54) is 16.7 Å². The van der Waals surface area contributed by atoms with Gasteiger partial charge in [-0.05, 0) is 41.7 Å². The summed E-state index contributed by atoms with van der Waals surface area (Å²) >= 11 is 0. The summed E-state index contributed by atoms with van der Waals surface area (Å²) in [5.74, 6) is 0. The first-order valence-corrected chi connectivity index (χ1v) is 9.70. The molecule has 4 rings (SSSR count). The van der Waals surface area contributed by atoms with Gasteiger partial charge in [-0.2, -0.15) is 5.10 Å². The number of nitrogens with zero attached hydrogens (tertiary/aromatic N) is 1. The summed E-state index contributed by atoms with van der Waals surface area (Å²) in [5, 5.41) is 17.0. The highest BCUT2D eigenvalue weighted by Crippen LogP contribution is 2.34. The molecule has 0 radical (unpaired) electrons. The molecule has 0 bridgehead atoms. The first kappa shape index (κ1) is 18.2. The van der Waals surface area contributed by atoms with Crippen LogP contribution in [0.3, 0.4) is 0 Å². The fourth-order valence-corrected chi connectivity index (χ4v) is 4.01. The first-order chi connectivity index (χ1) is 13.6. The van der Waals surface area contributed by atoms with Gasteiger partial charge in [0.25, 0.3) is 0 Å². The number of aromatic nitrogens is 2. The van der Waals surface area contributed by atoms with Crippen molar-refractivity contribution in [3.8, 4) is 0 Å². The number of H-pyrrole nitrogens is 1. The van der Waals surface area contributed by atoms with Crippen molar-refractivity contribution >= 4 is 16.6 Å². The minimum atomic E-state index is -0.154. The van der Waals surface area contributed by atoms with E-state index in [1.54, 1.807) is 0 Å². The standard InChI is InChI=1S/C25H25N3/c1-25(16-20-10-6-3-7-11-20,17-23(26)14-19-8-4-2-5-9-19)22-12-13-24-21(15-22)18-27-28-24/h2-13,15,18,26H,14,16-17H2,1H3,(H,27,28). The molecular weight excluding hydrogens is 342 g/mol. The average Bonchev–Trinajstić information content (AvgIpc) is 3.17. The van der Waals surface area contributed by atoms with Gasteiger partial charge in [-0.25, -0.2) is 0 Å². The highest BCUT2D eigenvalue weighted by Gasteiger charge is 2.29. The molecule has 1 unspecified atom stereocenters. The van der Waals surface area contributed by atoms with Crippen molar-refractivity contribution in [2.75, 3.05) is 0 Å². The molecule has 0 aliphatic heterocycles. The maximum absolute atomic E-state index is 8.71. The minimum Gasteiger partial charge on any atom is -0.309 e. The Balaban J connectivity index is 1.65. The second-order valence-corrected chi connectivity index (χ2v) is 7.84. The Labute approximate surface area is 165 Å². The van der Waals surface area contributed by atoms with Crippen molar-refractivity contribution in [2.24, 2.45) is 0 Å². The minimum absolute atomic E-state index is 0.154. The summed E-state index contributed by atoms with van der Waals surface area (Å²) < 4.78 is 0. The largest absolute Gasteiger partial charge is 0.309 e. The SMILES string of the molecule is CC(CC(=N)Cc1ccccc1)(Cc1ccccc1)c1ccc2[nH]ncc2c1. The first-order valence-electron chi connectivity index (χ1n) is 9.70. The number of nitrogens with one attached hydrogen (secondary N) is 2. The van der Waals surface area contributed by atoms with Gasteiger partial charge in [0, 0.05) is 22.9 Å². The zero-order chi connectivity index (χ0) is 19.4. The molecule has 0 spiro atoms. The molecule has 3 heteroatoms. The topological polar surface area (TPSA) is 52.5 Å².